The molecular weight excluding hydrogens is 370 g/mol. The molecule has 1 N–H and O–H groups in total. The summed E-state index contributed by atoms with van der Waals surface area (Å²) in [4.78, 5) is 12.5. The third kappa shape index (κ3) is 4.86. The highest BCUT2D eigenvalue weighted by molar-refractivity contribution is 7.91. The van der Waals surface area contributed by atoms with E-state index in [1.54, 1.807) is 12.1 Å². The van der Waals surface area contributed by atoms with Crippen molar-refractivity contribution in [2.75, 3.05) is 16.8 Å². The second-order valence-electron chi connectivity index (χ2n) is 6.93. The first-order valence-corrected chi connectivity index (χ1v) is 10.9. The predicted molar refractivity (Wildman–Crippen MR) is 106 cm³/mol. The van der Waals surface area contributed by atoms with Gasteiger partial charge in [-0.1, -0.05) is 41.4 Å². The third-order valence-corrected chi connectivity index (χ3v) is 6.74. The first-order valence-electron chi connectivity index (χ1n) is 8.69. The number of aryl methyl sites for hydroxylation is 1. The molecule has 0 spiro atoms. The molecule has 0 radical (unpaired) electrons. The van der Waals surface area contributed by atoms with Crippen molar-refractivity contribution in [3.63, 3.8) is 0 Å². The molecule has 1 heterocycles. The molecule has 0 bridgehead atoms. The van der Waals surface area contributed by atoms with Crippen LogP contribution in [0.1, 0.15) is 24.8 Å². The molecule has 1 unspecified atom stereocenters. The molecule has 1 aliphatic heterocycles. The summed E-state index contributed by atoms with van der Waals surface area (Å²) in [6.45, 7) is 2.01. The summed E-state index contributed by atoms with van der Waals surface area (Å²) in [6, 6.07) is 13.3. The number of benzene rings is 2. The average molecular weight is 392 g/mol. The summed E-state index contributed by atoms with van der Waals surface area (Å²) in [6.07, 6.45) is 1.63. The molecule has 2 aromatic rings. The van der Waals surface area contributed by atoms with Gasteiger partial charge in [0.05, 0.1) is 11.5 Å². The Morgan fingerprint density at radius 2 is 2.04 bits per heavy atom. The van der Waals surface area contributed by atoms with Gasteiger partial charge >= 0.3 is 0 Å². The molecule has 1 atom stereocenters. The predicted octanol–water partition coefficient (Wildman–Crippen LogP) is 4.47. The molecule has 138 valence electrons. The number of amides is 1. The summed E-state index contributed by atoms with van der Waals surface area (Å²) in [5.74, 6) is 0.0674. The van der Waals surface area contributed by atoms with Crippen LogP contribution in [0, 0.1) is 12.8 Å². The van der Waals surface area contributed by atoms with Gasteiger partial charge in [0.2, 0.25) is 5.91 Å². The molecule has 3 rings (SSSR count). The first-order chi connectivity index (χ1) is 12.3. The van der Waals surface area contributed by atoms with Crippen LogP contribution in [0.5, 0.6) is 0 Å². The Bertz CT molecular complexity index is 924. The quantitative estimate of drug-likeness (QED) is 0.836. The van der Waals surface area contributed by atoms with E-state index in [4.69, 9.17) is 11.6 Å². The monoisotopic (exact) mass is 391 g/mol. The van der Waals surface area contributed by atoms with Gasteiger partial charge in [-0.15, -0.1) is 0 Å². The Kier molecular flexibility index (Phi) is 5.68. The molecule has 26 heavy (non-hydrogen) atoms. The minimum atomic E-state index is -3.01. The lowest BCUT2D eigenvalue weighted by atomic mass is 9.99. The minimum Gasteiger partial charge on any atom is -0.326 e. The van der Waals surface area contributed by atoms with Gasteiger partial charge in [-0.05, 0) is 49.4 Å². The van der Waals surface area contributed by atoms with Gasteiger partial charge in [-0.3, -0.25) is 4.79 Å². The maximum Gasteiger partial charge on any atom is 0.224 e. The standard InChI is InChI=1S/C20H22ClNO3S/c1-14-4-2-6-16(10-14)18-12-17(21)7-8-19(18)22-20(23)11-15-5-3-9-26(24,25)13-15/h2,4,6-8,10,12,15H,3,5,9,11,13H2,1H3,(H,22,23). The number of halogens is 1. The molecule has 0 saturated carbocycles. The fourth-order valence-corrected chi connectivity index (χ4v) is 5.37. The molecule has 0 aromatic heterocycles. The minimum absolute atomic E-state index is 0.103. The molecule has 1 aliphatic rings. The molecule has 0 aliphatic carbocycles. The van der Waals surface area contributed by atoms with Crippen LogP contribution in [-0.4, -0.2) is 25.8 Å². The van der Waals surface area contributed by atoms with E-state index in [1.165, 1.54) is 0 Å². The van der Waals surface area contributed by atoms with E-state index in [1.807, 2.05) is 37.3 Å². The summed E-state index contributed by atoms with van der Waals surface area (Å²) in [5, 5.41) is 3.53. The van der Waals surface area contributed by atoms with Crippen LogP contribution in [0.4, 0.5) is 5.69 Å². The van der Waals surface area contributed by atoms with Crippen LogP contribution < -0.4 is 5.32 Å². The molecule has 2 aromatic carbocycles. The topological polar surface area (TPSA) is 63.2 Å². The Morgan fingerprint density at radius 3 is 2.77 bits per heavy atom. The first kappa shape index (κ1) is 18.9. The highest BCUT2D eigenvalue weighted by atomic mass is 35.5. The highest BCUT2D eigenvalue weighted by Gasteiger charge is 2.26. The SMILES string of the molecule is Cc1cccc(-c2cc(Cl)ccc2NC(=O)CC2CCCS(=O)(=O)C2)c1. The van der Waals surface area contributed by atoms with Crippen molar-refractivity contribution >= 4 is 33.0 Å². The number of hydrogen-bond acceptors (Lipinski definition) is 3. The van der Waals surface area contributed by atoms with Crippen molar-refractivity contribution in [3.8, 4) is 11.1 Å². The number of anilines is 1. The Balaban J connectivity index is 1.78. The van der Waals surface area contributed by atoms with Crippen molar-refractivity contribution in [2.24, 2.45) is 5.92 Å². The van der Waals surface area contributed by atoms with E-state index in [2.05, 4.69) is 5.32 Å². The van der Waals surface area contributed by atoms with Crippen molar-refractivity contribution in [3.05, 3.63) is 53.1 Å². The number of nitrogens with one attached hydrogen (secondary N) is 1. The Hall–Kier alpha value is -1.85. The molecule has 1 amide bonds. The van der Waals surface area contributed by atoms with Crippen LogP contribution in [-0.2, 0) is 14.6 Å². The van der Waals surface area contributed by atoms with Crippen LogP contribution in [0.15, 0.2) is 42.5 Å². The van der Waals surface area contributed by atoms with E-state index < -0.39 is 9.84 Å². The number of carbonyl (C=O) groups excluding carboxylic acids is 1. The Morgan fingerprint density at radius 1 is 1.23 bits per heavy atom. The lowest BCUT2D eigenvalue weighted by Crippen LogP contribution is -2.28. The van der Waals surface area contributed by atoms with Crippen LogP contribution in [0.3, 0.4) is 0 Å². The summed E-state index contributed by atoms with van der Waals surface area (Å²) >= 11 is 6.15. The normalized spacial score (nSPS) is 19.1. The molecular formula is C20H22ClNO3S. The Labute approximate surface area is 159 Å². The molecule has 6 heteroatoms. The summed E-state index contributed by atoms with van der Waals surface area (Å²) in [5.41, 5.74) is 3.63. The van der Waals surface area contributed by atoms with Gasteiger partial charge in [-0.2, -0.15) is 0 Å². The van der Waals surface area contributed by atoms with Gasteiger partial charge in [0.25, 0.3) is 0 Å². The lowest BCUT2D eigenvalue weighted by molar-refractivity contribution is -0.117. The number of carbonyl (C=O) groups is 1. The zero-order chi connectivity index (χ0) is 18.7. The fraction of sp³-hybridized carbons (Fsp3) is 0.350. The summed E-state index contributed by atoms with van der Waals surface area (Å²) < 4.78 is 23.5. The van der Waals surface area contributed by atoms with E-state index in [0.717, 1.165) is 23.1 Å². The van der Waals surface area contributed by atoms with Crippen LogP contribution in [0.2, 0.25) is 5.02 Å². The van der Waals surface area contributed by atoms with Gasteiger partial charge in [-0.25, -0.2) is 8.42 Å². The highest BCUT2D eigenvalue weighted by Crippen LogP contribution is 2.32. The van der Waals surface area contributed by atoms with Gasteiger partial charge in [0.15, 0.2) is 9.84 Å². The van der Waals surface area contributed by atoms with Gasteiger partial charge in [0.1, 0.15) is 0 Å². The van der Waals surface area contributed by atoms with E-state index >= 15 is 0 Å². The smallest absolute Gasteiger partial charge is 0.224 e. The zero-order valence-electron chi connectivity index (χ0n) is 14.7. The maximum atomic E-state index is 12.5. The molecule has 4 nitrogen and oxygen atoms in total. The van der Waals surface area contributed by atoms with E-state index in [-0.39, 0.29) is 29.8 Å². The van der Waals surface area contributed by atoms with Gasteiger partial charge in [0, 0.05) is 22.7 Å². The fourth-order valence-electron chi connectivity index (χ4n) is 3.42. The van der Waals surface area contributed by atoms with Crippen LogP contribution >= 0.6 is 11.6 Å². The number of rotatable bonds is 4. The van der Waals surface area contributed by atoms with E-state index in [9.17, 15) is 13.2 Å². The van der Waals surface area contributed by atoms with Crippen molar-refractivity contribution < 1.29 is 13.2 Å². The molecule has 1 fully saturated rings. The van der Waals surface area contributed by atoms with Gasteiger partial charge < -0.3 is 5.32 Å². The second-order valence-corrected chi connectivity index (χ2v) is 9.60. The molecule has 1 saturated heterocycles. The van der Waals surface area contributed by atoms with Crippen molar-refractivity contribution in [2.45, 2.75) is 26.2 Å². The van der Waals surface area contributed by atoms with Crippen molar-refractivity contribution in [1.29, 1.82) is 0 Å². The van der Waals surface area contributed by atoms with E-state index in [0.29, 0.717) is 17.1 Å². The zero-order valence-corrected chi connectivity index (χ0v) is 16.2. The number of hydrogen-bond donors (Lipinski definition) is 1. The largest absolute Gasteiger partial charge is 0.326 e. The van der Waals surface area contributed by atoms with Crippen LogP contribution in [0.25, 0.3) is 11.1 Å². The lowest BCUT2D eigenvalue weighted by Gasteiger charge is -2.21. The van der Waals surface area contributed by atoms with Crippen molar-refractivity contribution in [1.82, 2.24) is 0 Å². The number of sulfone groups is 1. The maximum absolute atomic E-state index is 12.5. The second kappa shape index (κ2) is 7.80. The summed E-state index contributed by atoms with van der Waals surface area (Å²) in [7, 11) is -3.01. The average Bonchev–Trinajstić information content (AvgIpc) is 2.55. The third-order valence-electron chi connectivity index (χ3n) is 4.62.